The molecule has 2 N–H and O–H groups in total. The standard InChI is InChI=1S/C23H33N3O3/c1-28-23(16-7-10-25-20(11-16)21(24)27)17-3-2-4-18(23)13-26(12-17)19-5-8-22(9-6-19)14-29-15-22/h7,10-11,17-19H,2-6,8-9,12-15H2,1H3,(H2,24,27)/t17-,18+,23-. The number of likely N-dealkylation sites (tertiary alicyclic amines) is 1. The summed E-state index contributed by atoms with van der Waals surface area (Å²) in [5, 5.41) is 0. The van der Waals surface area contributed by atoms with Gasteiger partial charge in [-0.3, -0.25) is 14.7 Å². The summed E-state index contributed by atoms with van der Waals surface area (Å²) in [5.74, 6) is 0.397. The normalized spacial score (nSPS) is 34.7. The van der Waals surface area contributed by atoms with Gasteiger partial charge in [0.1, 0.15) is 11.3 Å². The molecule has 29 heavy (non-hydrogen) atoms. The molecule has 0 radical (unpaired) electrons. The fourth-order valence-corrected chi connectivity index (χ4v) is 6.76. The van der Waals surface area contributed by atoms with Gasteiger partial charge in [0, 0.05) is 49.7 Å². The summed E-state index contributed by atoms with van der Waals surface area (Å²) >= 11 is 0. The van der Waals surface area contributed by atoms with Gasteiger partial charge in [-0.15, -0.1) is 0 Å². The first-order valence-corrected chi connectivity index (χ1v) is 11.2. The highest BCUT2D eigenvalue weighted by Crippen LogP contribution is 2.53. The van der Waals surface area contributed by atoms with Crippen molar-refractivity contribution >= 4 is 5.91 Å². The number of pyridine rings is 1. The number of hydrogen-bond acceptors (Lipinski definition) is 5. The molecule has 2 bridgehead atoms. The first kappa shape index (κ1) is 19.5. The minimum atomic E-state index is -0.475. The van der Waals surface area contributed by atoms with Crippen LogP contribution in [-0.4, -0.2) is 55.2 Å². The molecule has 158 valence electrons. The molecule has 4 fully saturated rings. The molecular weight excluding hydrogens is 366 g/mol. The second-order valence-corrected chi connectivity index (χ2v) is 9.79. The van der Waals surface area contributed by atoms with Crippen LogP contribution in [0.25, 0.3) is 0 Å². The molecule has 3 atom stereocenters. The van der Waals surface area contributed by atoms with E-state index in [1.54, 1.807) is 6.20 Å². The Bertz CT molecular complexity index is 754. The average Bonchev–Trinajstić information content (AvgIpc) is 2.71. The number of amides is 1. The van der Waals surface area contributed by atoms with Crippen molar-refractivity contribution in [3.05, 3.63) is 29.6 Å². The third kappa shape index (κ3) is 3.11. The van der Waals surface area contributed by atoms with Crippen molar-refractivity contribution < 1.29 is 14.3 Å². The van der Waals surface area contributed by atoms with Crippen molar-refractivity contribution in [2.75, 3.05) is 33.4 Å². The van der Waals surface area contributed by atoms with Crippen molar-refractivity contribution in [3.63, 3.8) is 0 Å². The van der Waals surface area contributed by atoms with Gasteiger partial charge in [0.25, 0.3) is 5.91 Å². The molecule has 6 nitrogen and oxygen atoms in total. The topological polar surface area (TPSA) is 77.7 Å². The summed E-state index contributed by atoms with van der Waals surface area (Å²) in [6.07, 6.45) is 10.5. The summed E-state index contributed by atoms with van der Waals surface area (Å²) < 4.78 is 11.8. The molecular formula is C23H33N3O3. The van der Waals surface area contributed by atoms with E-state index in [0.29, 0.717) is 29.0 Å². The number of nitrogens with two attached hydrogens (primary N) is 1. The van der Waals surface area contributed by atoms with Gasteiger partial charge in [0.2, 0.25) is 0 Å². The number of methoxy groups -OCH3 is 1. The maximum Gasteiger partial charge on any atom is 0.267 e. The predicted molar refractivity (Wildman–Crippen MR) is 109 cm³/mol. The molecule has 0 aromatic carbocycles. The van der Waals surface area contributed by atoms with Crippen LogP contribution < -0.4 is 5.73 Å². The fraction of sp³-hybridized carbons (Fsp3) is 0.739. The molecule has 3 heterocycles. The van der Waals surface area contributed by atoms with Gasteiger partial charge in [0.05, 0.1) is 13.2 Å². The van der Waals surface area contributed by atoms with E-state index >= 15 is 0 Å². The van der Waals surface area contributed by atoms with Crippen LogP contribution in [0.15, 0.2) is 18.3 Å². The van der Waals surface area contributed by atoms with Crippen molar-refractivity contribution in [2.24, 2.45) is 23.0 Å². The highest BCUT2D eigenvalue weighted by molar-refractivity contribution is 5.90. The summed E-state index contributed by atoms with van der Waals surface area (Å²) in [6, 6.07) is 4.59. The highest BCUT2D eigenvalue weighted by Gasteiger charge is 2.54. The van der Waals surface area contributed by atoms with E-state index in [1.807, 2.05) is 19.2 Å². The Hall–Kier alpha value is -1.50. The number of piperidine rings is 1. The third-order valence-corrected chi connectivity index (χ3v) is 8.38. The number of hydrogen-bond donors (Lipinski definition) is 1. The minimum absolute atomic E-state index is 0.333. The Morgan fingerprint density at radius 1 is 1.21 bits per heavy atom. The maximum absolute atomic E-state index is 11.7. The average molecular weight is 400 g/mol. The van der Waals surface area contributed by atoms with Gasteiger partial charge in [-0.05, 0) is 56.2 Å². The van der Waals surface area contributed by atoms with Gasteiger partial charge < -0.3 is 15.2 Å². The maximum atomic E-state index is 11.7. The van der Waals surface area contributed by atoms with Crippen LogP contribution in [0.5, 0.6) is 0 Å². The first-order chi connectivity index (χ1) is 14.1. The van der Waals surface area contributed by atoms with Crippen molar-refractivity contribution in [3.8, 4) is 0 Å². The number of carbonyl (C=O) groups is 1. The second kappa shape index (κ2) is 7.33. The van der Waals surface area contributed by atoms with Crippen molar-refractivity contribution in [1.82, 2.24) is 9.88 Å². The summed E-state index contributed by atoms with van der Waals surface area (Å²) in [4.78, 5) is 18.6. The lowest BCUT2D eigenvalue weighted by molar-refractivity contribution is -0.182. The highest BCUT2D eigenvalue weighted by atomic mass is 16.5. The van der Waals surface area contributed by atoms with Crippen LogP contribution in [0.3, 0.4) is 0 Å². The number of carbonyl (C=O) groups excluding carboxylic acids is 1. The molecule has 1 spiro atoms. The number of fused-ring (bicyclic) bond motifs is 2. The van der Waals surface area contributed by atoms with E-state index in [-0.39, 0.29) is 5.60 Å². The van der Waals surface area contributed by atoms with Gasteiger partial charge >= 0.3 is 0 Å². The molecule has 5 rings (SSSR count). The lowest BCUT2D eigenvalue weighted by Crippen LogP contribution is -2.61. The fourth-order valence-electron chi connectivity index (χ4n) is 6.76. The van der Waals surface area contributed by atoms with Crippen LogP contribution in [0.4, 0.5) is 0 Å². The molecule has 2 saturated carbocycles. The lowest BCUT2D eigenvalue weighted by Gasteiger charge is -2.58. The second-order valence-electron chi connectivity index (χ2n) is 9.79. The zero-order valence-electron chi connectivity index (χ0n) is 17.4. The number of primary amides is 1. The van der Waals surface area contributed by atoms with Gasteiger partial charge in [-0.25, -0.2) is 0 Å². The molecule has 2 saturated heterocycles. The first-order valence-electron chi connectivity index (χ1n) is 11.2. The molecule has 2 aliphatic heterocycles. The van der Waals surface area contributed by atoms with Gasteiger partial charge in [-0.1, -0.05) is 6.42 Å². The zero-order chi connectivity index (χ0) is 20.1. The van der Waals surface area contributed by atoms with Crippen molar-refractivity contribution in [1.29, 1.82) is 0 Å². The summed E-state index contributed by atoms with van der Waals surface area (Å²) in [7, 11) is 1.84. The molecule has 1 aromatic rings. The van der Waals surface area contributed by atoms with E-state index in [1.165, 1.54) is 44.9 Å². The zero-order valence-corrected chi connectivity index (χ0v) is 17.4. The van der Waals surface area contributed by atoms with Crippen molar-refractivity contribution in [2.45, 2.75) is 56.6 Å². The summed E-state index contributed by atoms with van der Waals surface area (Å²) in [6.45, 7) is 4.10. The Morgan fingerprint density at radius 2 is 1.90 bits per heavy atom. The number of aromatic nitrogens is 1. The van der Waals surface area contributed by atoms with Crippen LogP contribution in [0.2, 0.25) is 0 Å². The Labute approximate surface area is 173 Å². The minimum Gasteiger partial charge on any atom is -0.380 e. The Kier molecular flexibility index (Phi) is 4.92. The number of nitrogens with zero attached hydrogens (tertiary/aromatic N) is 2. The Morgan fingerprint density at radius 3 is 2.45 bits per heavy atom. The van der Waals surface area contributed by atoms with Crippen LogP contribution in [-0.2, 0) is 15.1 Å². The molecule has 6 heteroatoms. The van der Waals surface area contributed by atoms with Gasteiger partial charge in [-0.2, -0.15) is 0 Å². The molecule has 4 aliphatic rings. The van der Waals surface area contributed by atoms with E-state index in [9.17, 15) is 4.79 Å². The van der Waals surface area contributed by atoms with E-state index in [2.05, 4.69) is 9.88 Å². The molecule has 0 unspecified atom stereocenters. The number of rotatable bonds is 4. The van der Waals surface area contributed by atoms with E-state index < -0.39 is 5.91 Å². The molecule has 2 aliphatic carbocycles. The smallest absolute Gasteiger partial charge is 0.267 e. The SMILES string of the molecule is CO[C@]1(c2ccnc(C(N)=O)c2)[C@@H]2CCC[C@H]1CN(C1CCC3(CC1)COC3)C2. The molecule has 1 amide bonds. The molecule has 1 aromatic heterocycles. The number of ether oxygens (including phenoxy) is 2. The van der Waals surface area contributed by atoms with Gasteiger partial charge in [0.15, 0.2) is 0 Å². The Balaban J connectivity index is 1.38. The predicted octanol–water partition coefficient (Wildman–Crippen LogP) is 2.71. The van der Waals surface area contributed by atoms with Crippen LogP contribution >= 0.6 is 0 Å². The van der Waals surface area contributed by atoms with E-state index in [4.69, 9.17) is 15.2 Å². The largest absolute Gasteiger partial charge is 0.380 e. The quantitative estimate of drug-likeness (QED) is 0.842. The van der Waals surface area contributed by atoms with Crippen LogP contribution in [0.1, 0.15) is 61.0 Å². The summed E-state index contributed by atoms with van der Waals surface area (Å²) in [5.41, 5.74) is 7.09. The van der Waals surface area contributed by atoms with E-state index in [0.717, 1.165) is 31.9 Å². The van der Waals surface area contributed by atoms with Crippen LogP contribution in [0, 0.1) is 17.3 Å². The lowest BCUT2D eigenvalue weighted by atomic mass is 9.61. The monoisotopic (exact) mass is 399 g/mol. The third-order valence-electron chi connectivity index (χ3n) is 8.38.